The van der Waals surface area contributed by atoms with Crippen molar-refractivity contribution in [2.45, 2.75) is 42.0 Å². The molecule has 2 saturated carbocycles. The molecule has 154 valence electrons. The van der Waals surface area contributed by atoms with E-state index >= 15 is 0 Å². The summed E-state index contributed by atoms with van der Waals surface area (Å²) in [6.45, 7) is 0.0786. The zero-order valence-corrected chi connectivity index (χ0v) is 18.8. The van der Waals surface area contributed by atoms with Gasteiger partial charge in [-0.3, -0.25) is 14.2 Å². The van der Waals surface area contributed by atoms with Crippen molar-refractivity contribution in [3.63, 3.8) is 0 Å². The van der Waals surface area contributed by atoms with Gasteiger partial charge in [-0.25, -0.2) is 0 Å². The van der Waals surface area contributed by atoms with E-state index in [-0.39, 0.29) is 17.3 Å². The number of fused-ring (bicyclic) bond motifs is 6. The topological polar surface area (TPSA) is 51.1 Å². The number of anilines is 1. The van der Waals surface area contributed by atoms with Crippen LogP contribution >= 0.6 is 34.4 Å². The molecule has 3 heterocycles. The van der Waals surface area contributed by atoms with E-state index in [2.05, 4.69) is 22.8 Å². The van der Waals surface area contributed by atoms with Crippen molar-refractivity contribution in [3.8, 4) is 0 Å². The van der Waals surface area contributed by atoms with E-state index in [0.29, 0.717) is 17.1 Å². The van der Waals surface area contributed by atoms with Gasteiger partial charge in [-0.05, 0) is 60.6 Å². The Morgan fingerprint density at radius 1 is 1.10 bits per heavy atom. The van der Waals surface area contributed by atoms with Gasteiger partial charge >= 0.3 is 4.87 Å². The zero-order chi connectivity index (χ0) is 20.2. The minimum Gasteiger partial charge on any atom is -0.325 e. The molecule has 0 saturated heterocycles. The van der Waals surface area contributed by atoms with Crippen LogP contribution in [0.5, 0.6) is 0 Å². The first-order valence-electron chi connectivity index (χ1n) is 10.5. The van der Waals surface area contributed by atoms with Crippen molar-refractivity contribution in [1.82, 2.24) is 4.57 Å². The van der Waals surface area contributed by atoms with E-state index in [9.17, 15) is 9.59 Å². The summed E-state index contributed by atoms with van der Waals surface area (Å²) in [4.78, 5) is 28.3. The number of hydrogen-bond acceptors (Lipinski definition) is 5. The van der Waals surface area contributed by atoms with Crippen LogP contribution in [0.25, 0.3) is 0 Å². The summed E-state index contributed by atoms with van der Waals surface area (Å²) < 4.78 is 1.73. The monoisotopic (exact) mass is 454 g/mol. The molecule has 0 radical (unpaired) electrons. The first-order valence-corrected chi connectivity index (χ1v) is 13.0. The Morgan fingerprint density at radius 3 is 2.73 bits per heavy atom. The lowest BCUT2D eigenvalue weighted by molar-refractivity contribution is -0.116. The molecule has 0 spiro atoms. The molecule has 30 heavy (non-hydrogen) atoms. The van der Waals surface area contributed by atoms with Crippen LogP contribution in [0.4, 0.5) is 5.69 Å². The summed E-state index contributed by atoms with van der Waals surface area (Å²) in [5.74, 6) is 2.33. The number of aromatic nitrogens is 1. The molecule has 6 rings (SSSR count). The number of hydrogen-bond donors (Lipinski definition) is 1. The highest BCUT2D eigenvalue weighted by Gasteiger charge is 2.55. The molecule has 2 aliphatic carbocycles. The number of carbonyl (C=O) groups is 1. The molecule has 1 amide bonds. The number of amides is 1. The van der Waals surface area contributed by atoms with Crippen LogP contribution in [0.15, 0.2) is 57.7 Å². The Kier molecular flexibility index (Phi) is 4.66. The van der Waals surface area contributed by atoms with Crippen LogP contribution in [0.2, 0.25) is 0 Å². The SMILES string of the molecule is O=C(Cn1c2c(sc1=O)[C@@H](c1cccs1)C1C3CCC(C3)C1S2)Nc1ccccc1. The molecule has 5 atom stereocenters. The standard InChI is InChI=1S/C23H22N2O2S3/c26-17(24-15-5-2-1-3-6-15)12-25-22-21(30-23(25)27)19(16-7-4-10-28-16)18-13-8-9-14(11-13)20(18)29-22/h1-7,10,13-14,18-20H,8-9,11-12H2,(H,24,26)/t13?,14?,18?,19-,20?/m0/s1. The number of carbonyl (C=O) groups excluding carboxylic acids is 1. The second-order valence-electron chi connectivity index (χ2n) is 8.52. The van der Waals surface area contributed by atoms with E-state index in [1.165, 1.54) is 40.4 Å². The number of para-hydroxylation sites is 1. The Balaban J connectivity index is 1.37. The molecular formula is C23H22N2O2S3. The lowest BCUT2D eigenvalue weighted by atomic mass is 9.77. The summed E-state index contributed by atoms with van der Waals surface area (Å²) >= 11 is 5.05. The van der Waals surface area contributed by atoms with Crippen molar-refractivity contribution in [3.05, 3.63) is 67.3 Å². The maximum atomic E-state index is 13.0. The van der Waals surface area contributed by atoms with Gasteiger partial charge in [-0.15, -0.1) is 23.1 Å². The normalized spacial score (nSPS) is 28.9. The summed E-state index contributed by atoms with van der Waals surface area (Å²) in [5, 5.41) is 6.68. The first-order chi connectivity index (χ1) is 14.7. The summed E-state index contributed by atoms with van der Waals surface area (Å²) in [7, 11) is 0. The van der Waals surface area contributed by atoms with Gasteiger partial charge in [0.05, 0.1) is 5.03 Å². The molecule has 3 aliphatic rings. The third kappa shape index (κ3) is 3.01. The van der Waals surface area contributed by atoms with Crippen LogP contribution in [-0.4, -0.2) is 15.7 Å². The molecular weight excluding hydrogens is 432 g/mol. The van der Waals surface area contributed by atoms with Crippen LogP contribution in [0.1, 0.15) is 34.9 Å². The van der Waals surface area contributed by atoms with Crippen LogP contribution < -0.4 is 10.2 Å². The number of nitrogens with one attached hydrogen (secondary N) is 1. The maximum absolute atomic E-state index is 13.0. The number of thiophene rings is 1. The van der Waals surface area contributed by atoms with E-state index < -0.39 is 0 Å². The van der Waals surface area contributed by atoms with Crippen LogP contribution in [-0.2, 0) is 11.3 Å². The van der Waals surface area contributed by atoms with Crippen molar-refractivity contribution in [2.24, 2.45) is 17.8 Å². The van der Waals surface area contributed by atoms with Gasteiger partial charge in [0.2, 0.25) is 5.91 Å². The first kappa shape index (κ1) is 18.9. The van der Waals surface area contributed by atoms with Gasteiger partial charge < -0.3 is 5.32 Å². The highest BCUT2D eigenvalue weighted by molar-refractivity contribution is 8.00. The average molecular weight is 455 g/mol. The highest BCUT2D eigenvalue weighted by Crippen LogP contribution is 2.64. The van der Waals surface area contributed by atoms with Gasteiger partial charge in [0.25, 0.3) is 0 Å². The summed E-state index contributed by atoms with van der Waals surface area (Å²) in [6, 6.07) is 13.8. The quantitative estimate of drug-likeness (QED) is 0.585. The smallest absolute Gasteiger partial charge is 0.308 e. The second-order valence-corrected chi connectivity index (χ2v) is 11.7. The molecule has 2 aromatic heterocycles. The van der Waals surface area contributed by atoms with Gasteiger partial charge in [-0.1, -0.05) is 35.6 Å². The Hall–Kier alpha value is -1.83. The predicted octanol–water partition coefficient (Wildman–Crippen LogP) is 5.26. The number of rotatable bonds is 4. The molecule has 3 aromatic rings. The molecule has 4 unspecified atom stereocenters. The fourth-order valence-corrected chi connectivity index (χ4v) is 9.85. The third-order valence-corrected chi connectivity index (χ3v) is 10.7. The van der Waals surface area contributed by atoms with Gasteiger partial charge in [0.15, 0.2) is 0 Å². The molecule has 2 fully saturated rings. The molecule has 7 heteroatoms. The number of thioether (sulfide) groups is 1. The molecule has 1 aliphatic heterocycles. The maximum Gasteiger partial charge on any atom is 0.308 e. The lowest BCUT2D eigenvalue weighted by Gasteiger charge is -2.40. The average Bonchev–Trinajstić information content (AvgIpc) is 3.53. The predicted molar refractivity (Wildman–Crippen MR) is 124 cm³/mol. The van der Waals surface area contributed by atoms with E-state index in [4.69, 9.17) is 0 Å². The highest BCUT2D eigenvalue weighted by atomic mass is 32.2. The van der Waals surface area contributed by atoms with E-state index in [0.717, 1.165) is 22.5 Å². The number of benzene rings is 1. The van der Waals surface area contributed by atoms with Crippen molar-refractivity contribution >= 4 is 46.0 Å². The van der Waals surface area contributed by atoms with Crippen LogP contribution in [0.3, 0.4) is 0 Å². The largest absolute Gasteiger partial charge is 0.325 e. The third-order valence-electron chi connectivity index (χ3n) is 6.90. The number of nitrogens with zero attached hydrogens (tertiary/aromatic N) is 1. The van der Waals surface area contributed by atoms with Crippen molar-refractivity contribution in [2.75, 3.05) is 5.32 Å². The van der Waals surface area contributed by atoms with E-state index in [1.807, 2.05) is 42.1 Å². The van der Waals surface area contributed by atoms with Gasteiger partial charge in [0, 0.05) is 26.6 Å². The lowest BCUT2D eigenvalue weighted by Crippen LogP contribution is -2.34. The summed E-state index contributed by atoms with van der Waals surface area (Å²) in [6.07, 6.45) is 3.98. The number of thiazole rings is 1. The van der Waals surface area contributed by atoms with Gasteiger partial charge in [0.1, 0.15) is 6.54 Å². The Bertz CT molecular complexity index is 1140. The fraction of sp³-hybridized carbons (Fsp3) is 0.391. The minimum atomic E-state index is -0.146. The minimum absolute atomic E-state index is 0.00964. The molecule has 1 N–H and O–H groups in total. The molecule has 4 nitrogen and oxygen atoms in total. The molecule has 1 aromatic carbocycles. The second kappa shape index (κ2) is 7.39. The summed E-state index contributed by atoms with van der Waals surface area (Å²) in [5.41, 5.74) is 0.761. The van der Waals surface area contributed by atoms with Crippen LogP contribution in [0, 0.1) is 17.8 Å². The zero-order valence-electron chi connectivity index (χ0n) is 16.3. The van der Waals surface area contributed by atoms with E-state index in [1.54, 1.807) is 15.9 Å². The Morgan fingerprint density at radius 2 is 1.93 bits per heavy atom. The molecule has 2 bridgehead atoms. The fourth-order valence-electron chi connectivity index (χ4n) is 5.74. The van der Waals surface area contributed by atoms with Gasteiger partial charge in [-0.2, -0.15) is 0 Å². The van der Waals surface area contributed by atoms with Crippen molar-refractivity contribution < 1.29 is 4.79 Å². The van der Waals surface area contributed by atoms with Crippen molar-refractivity contribution in [1.29, 1.82) is 0 Å². The Labute approximate surface area is 187 Å².